The molecular weight excluding hydrogens is 352 g/mol. The van der Waals surface area contributed by atoms with Gasteiger partial charge in [-0.05, 0) is 29.8 Å². The van der Waals surface area contributed by atoms with Crippen LogP contribution in [-0.2, 0) is 13.2 Å². The number of rotatable bonds is 7. The first kappa shape index (κ1) is 17.8. The quantitative estimate of drug-likeness (QED) is 0.445. The molecule has 0 aliphatic heterocycles. The van der Waals surface area contributed by atoms with Crippen LogP contribution in [-0.4, -0.2) is 4.92 Å². The van der Waals surface area contributed by atoms with Gasteiger partial charge in [-0.25, -0.2) is 0 Å². The molecule has 1 N–H and O–H groups in total. The van der Waals surface area contributed by atoms with Gasteiger partial charge in [0.15, 0.2) is 0 Å². The Balaban J connectivity index is 1.71. The van der Waals surface area contributed by atoms with E-state index in [1.807, 2.05) is 42.5 Å². The highest BCUT2D eigenvalue weighted by Gasteiger charge is 2.08. The summed E-state index contributed by atoms with van der Waals surface area (Å²) in [6.45, 7) is 0.887. The largest absolute Gasteiger partial charge is 0.489 e. The molecule has 0 saturated heterocycles. The van der Waals surface area contributed by atoms with Crippen molar-refractivity contribution in [3.8, 4) is 5.75 Å². The maximum Gasteiger partial charge on any atom is 0.271 e. The summed E-state index contributed by atoms with van der Waals surface area (Å²) < 4.78 is 5.92. The molecule has 26 heavy (non-hydrogen) atoms. The molecule has 0 bridgehead atoms. The molecule has 5 nitrogen and oxygen atoms in total. The molecule has 0 fully saturated rings. The Morgan fingerprint density at radius 1 is 1.00 bits per heavy atom. The number of nitro benzene ring substituents is 1. The fourth-order valence-electron chi connectivity index (χ4n) is 2.49. The van der Waals surface area contributed by atoms with E-state index in [4.69, 9.17) is 16.3 Å². The van der Waals surface area contributed by atoms with Crippen molar-refractivity contribution in [1.82, 2.24) is 0 Å². The SMILES string of the molecule is O=[N+]([O-])c1cccc(NCc2cc(Cl)ccc2OCc2ccccc2)c1. The number of anilines is 1. The third-order valence-corrected chi connectivity index (χ3v) is 4.03. The van der Waals surface area contributed by atoms with Crippen LogP contribution in [0.3, 0.4) is 0 Å². The van der Waals surface area contributed by atoms with Crippen LogP contribution in [0.5, 0.6) is 5.75 Å². The van der Waals surface area contributed by atoms with Crippen molar-refractivity contribution in [3.63, 3.8) is 0 Å². The van der Waals surface area contributed by atoms with E-state index >= 15 is 0 Å². The van der Waals surface area contributed by atoms with Crippen molar-refractivity contribution in [2.24, 2.45) is 0 Å². The van der Waals surface area contributed by atoms with Crippen LogP contribution in [0.1, 0.15) is 11.1 Å². The predicted octanol–water partition coefficient (Wildman–Crippen LogP) is 5.44. The van der Waals surface area contributed by atoms with Gasteiger partial charge in [0.05, 0.1) is 4.92 Å². The average Bonchev–Trinajstić information content (AvgIpc) is 2.66. The molecule has 0 unspecified atom stereocenters. The molecule has 3 rings (SSSR count). The van der Waals surface area contributed by atoms with E-state index in [-0.39, 0.29) is 5.69 Å². The van der Waals surface area contributed by atoms with E-state index in [1.165, 1.54) is 12.1 Å². The number of halogens is 1. The van der Waals surface area contributed by atoms with Crippen LogP contribution < -0.4 is 10.1 Å². The maximum atomic E-state index is 10.9. The van der Waals surface area contributed by atoms with Gasteiger partial charge in [-0.1, -0.05) is 48.0 Å². The zero-order valence-electron chi connectivity index (χ0n) is 13.9. The molecule has 0 spiro atoms. The van der Waals surface area contributed by atoms with E-state index in [1.54, 1.807) is 18.2 Å². The number of benzene rings is 3. The second-order valence-corrected chi connectivity index (χ2v) is 6.12. The molecule has 0 saturated carbocycles. The third kappa shape index (κ3) is 4.74. The molecule has 0 amide bonds. The molecular formula is C20H17ClN2O3. The molecule has 0 heterocycles. The Labute approximate surface area is 156 Å². The van der Waals surface area contributed by atoms with Gasteiger partial charge in [0.2, 0.25) is 0 Å². The van der Waals surface area contributed by atoms with Crippen molar-refractivity contribution in [2.45, 2.75) is 13.2 Å². The van der Waals surface area contributed by atoms with Gasteiger partial charge in [0, 0.05) is 35.0 Å². The second-order valence-electron chi connectivity index (χ2n) is 5.69. The Bertz CT molecular complexity index is 901. The molecule has 3 aromatic rings. The molecule has 0 aromatic heterocycles. The zero-order chi connectivity index (χ0) is 18.4. The van der Waals surface area contributed by atoms with Crippen LogP contribution in [0.4, 0.5) is 11.4 Å². The van der Waals surface area contributed by atoms with Gasteiger partial charge in [0.1, 0.15) is 12.4 Å². The van der Waals surface area contributed by atoms with Crippen LogP contribution in [0.25, 0.3) is 0 Å². The van der Waals surface area contributed by atoms with E-state index in [0.29, 0.717) is 23.9 Å². The van der Waals surface area contributed by atoms with E-state index < -0.39 is 4.92 Å². The van der Waals surface area contributed by atoms with Crippen LogP contribution in [0.15, 0.2) is 72.8 Å². The van der Waals surface area contributed by atoms with Crippen LogP contribution in [0, 0.1) is 10.1 Å². The standard InChI is InChI=1S/C20H17ClN2O3/c21-17-9-10-20(26-14-15-5-2-1-3-6-15)16(11-17)13-22-18-7-4-8-19(12-18)23(24)25/h1-12,22H,13-14H2. The van der Waals surface area contributed by atoms with E-state index in [9.17, 15) is 10.1 Å². The highest BCUT2D eigenvalue weighted by atomic mass is 35.5. The first-order chi connectivity index (χ1) is 12.6. The summed E-state index contributed by atoms with van der Waals surface area (Å²) in [5, 5.41) is 14.7. The summed E-state index contributed by atoms with van der Waals surface area (Å²) in [6, 6.07) is 21.7. The lowest BCUT2D eigenvalue weighted by atomic mass is 10.2. The van der Waals surface area contributed by atoms with Crippen molar-refractivity contribution >= 4 is 23.0 Å². The Hall–Kier alpha value is -3.05. The Morgan fingerprint density at radius 2 is 1.81 bits per heavy atom. The normalized spacial score (nSPS) is 10.3. The predicted molar refractivity (Wildman–Crippen MR) is 103 cm³/mol. The molecule has 3 aromatic carbocycles. The van der Waals surface area contributed by atoms with Gasteiger partial charge >= 0.3 is 0 Å². The van der Waals surface area contributed by atoms with Crippen molar-refractivity contribution in [2.75, 3.05) is 5.32 Å². The molecule has 0 aliphatic carbocycles. The maximum absolute atomic E-state index is 10.9. The van der Waals surface area contributed by atoms with Gasteiger partial charge < -0.3 is 10.1 Å². The number of ether oxygens (including phenoxy) is 1. The summed E-state index contributed by atoms with van der Waals surface area (Å²) in [6.07, 6.45) is 0. The summed E-state index contributed by atoms with van der Waals surface area (Å²) >= 11 is 6.11. The van der Waals surface area contributed by atoms with Crippen molar-refractivity contribution in [1.29, 1.82) is 0 Å². The van der Waals surface area contributed by atoms with E-state index in [0.717, 1.165) is 16.9 Å². The van der Waals surface area contributed by atoms with Gasteiger partial charge in [-0.3, -0.25) is 10.1 Å². The number of nitro groups is 1. The molecule has 0 radical (unpaired) electrons. The van der Waals surface area contributed by atoms with Crippen molar-refractivity contribution in [3.05, 3.63) is 99.1 Å². The lowest BCUT2D eigenvalue weighted by Gasteiger charge is -2.13. The minimum absolute atomic E-state index is 0.0432. The number of non-ortho nitro benzene ring substituents is 1. The number of hydrogen-bond acceptors (Lipinski definition) is 4. The summed E-state index contributed by atoms with van der Waals surface area (Å²) in [5.41, 5.74) is 2.65. The molecule has 132 valence electrons. The first-order valence-corrected chi connectivity index (χ1v) is 8.43. The summed E-state index contributed by atoms with van der Waals surface area (Å²) in [4.78, 5) is 10.5. The third-order valence-electron chi connectivity index (χ3n) is 3.80. The molecule has 0 atom stereocenters. The highest BCUT2D eigenvalue weighted by Crippen LogP contribution is 2.25. The fraction of sp³-hybridized carbons (Fsp3) is 0.100. The Morgan fingerprint density at radius 3 is 2.58 bits per heavy atom. The fourth-order valence-corrected chi connectivity index (χ4v) is 2.68. The van der Waals surface area contributed by atoms with E-state index in [2.05, 4.69) is 5.32 Å². The smallest absolute Gasteiger partial charge is 0.271 e. The second kappa shape index (κ2) is 8.36. The lowest BCUT2D eigenvalue weighted by molar-refractivity contribution is -0.384. The van der Waals surface area contributed by atoms with Crippen LogP contribution in [0.2, 0.25) is 5.02 Å². The number of nitrogens with zero attached hydrogens (tertiary/aromatic N) is 1. The number of nitrogens with one attached hydrogen (secondary N) is 1. The topological polar surface area (TPSA) is 64.4 Å². The highest BCUT2D eigenvalue weighted by molar-refractivity contribution is 6.30. The molecule has 6 heteroatoms. The molecule has 0 aliphatic rings. The lowest BCUT2D eigenvalue weighted by Crippen LogP contribution is -2.04. The average molecular weight is 369 g/mol. The Kier molecular flexibility index (Phi) is 5.71. The minimum atomic E-state index is -0.418. The van der Waals surface area contributed by atoms with Gasteiger partial charge in [0.25, 0.3) is 5.69 Å². The zero-order valence-corrected chi connectivity index (χ0v) is 14.6. The minimum Gasteiger partial charge on any atom is -0.489 e. The summed E-state index contributed by atoms with van der Waals surface area (Å²) in [7, 11) is 0. The van der Waals surface area contributed by atoms with Gasteiger partial charge in [-0.2, -0.15) is 0 Å². The number of hydrogen-bond donors (Lipinski definition) is 1. The van der Waals surface area contributed by atoms with Gasteiger partial charge in [-0.15, -0.1) is 0 Å². The monoisotopic (exact) mass is 368 g/mol. The van der Waals surface area contributed by atoms with Crippen molar-refractivity contribution < 1.29 is 9.66 Å². The first-order valence-electron chi connectivity index (χ1n) is 8.05. The van der Waals surface area contributed by atoms with Crippen LogP contribution >= 0.6 is 11.6 Å². The summed E-state index contributed by atoms with van der Waals surface area (Å²) in [5.74, 6) is 0.719.